The first kappa shape index (κ1) is 25.4. The van der Waals surface area contributed by atoms with Crippen LogP contribution in [-0.2, 0) is 14.3 Å². The van der Waals surface area contributed by atoms with Gasteiger partial charge in [0.1, 0.15) is 6.04 Å². The fraction of sp³-hybridized carbons (Fsp3) is 0.346. The van der Waals surface area contributed by atoms with E-state index in [0.717, 1.165) is 22.5 Å². The van der Waals surface area contributed by atoms with E-state index in [2.05, 4.69) is 10.6 Å². The largest absolute Gasteiger partial charge is 0.463 e. The van der Waals surface area contributed by atoms with Crippen molar-refractivity contribution in [2.75, 3.05) is 36.7 Å². The molecule has 2 aromatic carbocycles. The minimum atomic E-state index is -0.512. The molecule has 2 aromatic rings. The van der Waals surface area contributed by atoms with Crippen molar-refractivity contribution in [3.63, 3.8) is 0 Å². The monoisotopic (exact) mass is 480 g/mol. The summed E-state index contributed by atoms with van der Waals surface area (Å²) < 4.78 is 5.30. The number of amidine groups is 1. The standard InChI is InChI=1S/C26H32N4O3S/c1-7-33-25(32)23-18(4)27-26(29-24(23)19-9-12-21(13-10-19)30(5)6)34-15-22(31)28-20-11-8-16(2)17(3)14-20/h8-14,24H,7,15H2,1-6H3,(H,27,29)(H,28,31)/t24-/m1/s1. The van der Waals surface area contributed by atoms with Gasteiger partial charge in [0.2, 0.25) is 5.91 Å². The van der Waals surface area contributed by atoms with Crippen LogP contribution >= 0.6 is 11.8 Å². The van der Waals surface area contributed by atoms with Gasteiger partial charge >= 0.3 is 5.97 Å². The number of anilines is 2. The number of allylic oxidation sites excluding steroid dienone is 1. The molecule has 8 heteroatoms. The number of hydrogen-bond acceptors (Lipinski definition) is 7. The lowest BCUT2D eigenvalue weighted by atomic mass is 9.96. The van der Waals surface area contributed by atoms with Crippen LogP contribution in [0.1, 0.15) is 36.6 Å². The highest BCUT2D eigenvalue weighted by atomic mass is 32.2. The van der Waals surface area contributed by atoms with E-state index in [0.29, 0.717) is 16.4 Å². The predicted octanol–water partition coefficient (Wildman–Crippen LogP) is 4.58. The molecule has 3 rings (SSSR count). The van der Waals surface area contributed by atoms with Crippen molar-refractivity contribution >= 4 is 40.2 Å². The van der Waals surface area contributed by atoms with Crippen molar-refractivity contribution in [3.8, 4) is 0 Å². The van der Waals surface area contributed by atoms with Crippen LogP contribution in [0.4, 0.5) is 11.4 Å². The van der Waals surface area contributed by atoms with Crippen molar-refractivity contribution in [2.24, 2.45) is 4.99 Å². The number of aryl methyl sites for hydroxylation is 2. The third-order valence-corrected chi connectivity index (χ3v) is 6.46. The van der Waals surface area contributed by atoms with Gasteiger partial charge in [-0.05, 0) is 68.7 Å². The summed E-state index contributed by atoms with van der Waals surface area (Å²) in [4.78, 5) is 32.1. The zero-order valence-corrected chi connectivity index (χ0v) is 21.4. The van der Waals surface area contributed by atoms with E-state index >= 15 is 0 Å². The molecule has 1 aliphatic heterocycles. The Kier molecular flexibility index (Phi) is 8.39. The second-order valence-corrected chi connectivity index (χ2v) is 9.31. The molecule has 0 unspecified atom stereocenters. The molecular weight excluding hydrogens is 448 g/mol. The van der Waals surface area contributed by atoms with Crippen LogP contribution in [0.5, 0.6) is 0 Å². The molecule has 34 heavy (non-hydrogen) atoms. The first-order chi connectivity index (χ1) is 16.2. The van der Waals surface area contributed by atoms with Gasteiger partial charge in [0.05, 0.1) is 17.9 Å². The Hall–Kier alpha value is -3.26. The van der Waals surface area contributed by atoms with Gasteiger partial charge < -0.3 is 20.3 Å². The SMILES string of the molecule is CCOC(=O)C1=C(C)NC(SCC(=O)Nc2ccc(C)c(C)c2)=N[C@@H]1c1ccc(N(C)C)cc1. The molecule has 180 valence electrons. The Morgan fingerprint density at radius 2 is 1.79 bits per heavy atom. The number of carbonyl (C=O) groups is 2. The van der Waals surface area contributed by atoms with E-state index in [9.17, 15) is 9.59 Å². The smallest absolute Gasteiger partial charge is 0.338 e. The van der Waals surface area contributed by atoms with E-state index in [1.807, 2.05) is 82.2 Å². The molecule has 0 aromatic heterocycles. The van der Waals surface area contributed by atoms with E-state index in [4.69, 9.17) is 9.73 Å². The molecule has 0 aliphatic carbocycles. The zero-order valence-electron chi connectivity index (χ0n) is 20.6. The van der Waals surface area contributed by atoms with Crippen molar-refractivity contribution in [3.05, 3.63) is 70.4 Å². The number of hydrogen-bond donors (Lipinski definition) is 2. The number of ether oxygens (including phenoxy) is 1. The summed E-state index contributed by atoms with van der Waals surface area (Å²) in [5, 5.41) is 6.69. The van der Waals surface area contributed by atoms with Crippen LogP contribution < -0.4 is 15.5 Å². The van der Waals surface area contributed by atoms with Gasteiger partial charge in [-0.15, -0.1) is 0 Å². The molecule has 7 nitrogen and oxygen atoms in total. The van der Waals surface area contributed by atoms with Crippen molar-refractivity contribution in [1.82, 2.24) is 5.32 Å². The van der Waals surface area contributed by atoms with Gasteiger partial charge in [-0.3, -0.25) is 4.79 Å². The molecule has 1 atom stereocenters. The lowest BCUT2D eigenvalue weighted by Gasteiger charge is -2.26. The molecule has 0 saturated heterocycles. The second kappa shape index (κ2) is 11.2. The molecule has 2 N–H and O–H groups in total. The van der Waals surface area contributed by atoms with Crippen LogP contribution in [0.2, 0.25) is 0 Å². The lowest BCUT2D eigenvalue weighted by Crippen LogP contribution is -2.31. The first-order valence-corrected chi connectivity index (χ1v) is 12.2. The summed E-state index contributed by atoms with van der Waals surface area (Å²) in [5.74, 6) is -0.329. The topological polar surface area (TPSA) is 83.0 Å². The fourth-order valence-corrected chi connectivity index (χ4v) is 4.29. The van der Waals surface area contributed by atoms with Crippen molar-refractivity contribution in [1.29, 1.82) is 0 Å². The number of esters is 1. The average Bonchev–Trinajstić information content (AvgIpc) is 2.80. The molecule has 1 amide bonds. The molecular formula is C26H32N4O3S. The number of aliphatic imine (C=N–C) groups is 1. The Morgan fingerprint density at radius 3 is 2.41 bits per heavy atom. The molecule has 1 aliphatic rings. The Bertz CT molecular complexity index is 1120. The van der Waals surface area contributed by atoms with Crippen LogP contribution in [0, 0.1) is 13.8 Å². The minimum absolute atomic E-state index is 0.123. The average molecular weight is 481 g/mol. The molecule has 0 spiro atoms. The number of nitrogens with one attached hydrogen (secondary N) is 2. The molecule has 0 fully saturated rings. The number of benzene rings is 2. The first-order valence-electron chi connectivity index (χ1n) is 11.2. The van der Waals surface area contributed by atoms with E-state index in [1.54, 1.807) is 6.92 Å². The number of thioether (sulfide) groups is 1. The second-order valence-electron chi connectivity index (χ2n) is 8.34. The van der Waals surface area contributed by atoms with Crippen molar-refractivity contribution < 1.29 is 14.3 Å². The third kappa shape index (κ3) is 6.20. The molecule has 1 heterocycles. The maximum absolute atomic E-state index is 12.7. The quantitative estimate of drug-likeness (QED) is 0.565. The summed E-state index contributed by atoms with van der Waals surface area (Å²) in [7, 11) is 3.95. The van der Waals surface area contributed by atoms with Gasteiger partial charge in [0, 0.05) is 31.2 Å². The highest BCUT2D eigenvalue weighted by molar-refractivity contribution is 8.14. The molecule has 0 saturated carbocycles. The van der Waals surface area contributed by atoms with E-state index < -0.39 is 12.0 Å². The Balaban J connectivity index is 1.78. The van der Waals surface area contributed by atoms with Crippen LogP contribution in [0.25, 0.3) is 0 Å². The normalized spacial score (nSPS) is 15.4. The summed E-state index contributed by atoms with van der Waals surface area (Å²) in [6.45, 7) is 7.95. The summed E-state index contributed by atoms with van der Waals surface area (Å²) in [5.41, 5.74) is 6.16. The molecule has 0 radical (unpaired) electrons. The highest BCUT2D eigenvalue weighted by Gasteiger charge is 2.30. The predicted molar refractivity (Wildman–Crippen MR) is 140 cm³/mol. The van der Waals surface area contributed by atoms with Crippen LogP contribution in [-0.4, -0.2) is 43.5 Å². The Morgan fingerprint density at radius 1 is 1.09 bits per heavy atom. The highest BCUT2D eigenvalue weighted by Crippen LogP contribution is 2.33. The maximum Gasteiger partial charge on any atom is 0.338 e. The van der Waals surface area contributed by atoms with Gasteiger partial charge in [-0.2, -0.15) is 0 Å². The van der Waals surface area contributed by atoms with Gasteiger partial charge in [0.25, 0.3) is 0 Å². The third-order valence-electron chi connectivity index (χ3n) is 5.57. The van der Waals surface area contributed by atoms with E-state index in [-0.39, 0.29) is 18.3 Å². The summed E-state index contributed by atoms with van der Waals surface area (Å²) in [6, 6.07) is 13.3. The Labute approximate surface area is 205 Å². The number of rotatable bonds is 7. The lowest BCUT2D eigenvalue weighted by molar-refractivity contribution is -0.139. The minimum Gasteiger partial charge on any atom is -0.463 e. The van der Waals surface area contributed by atoms with Gasteiger partial charge in [-0.1, -0.05) is 30.0 Å². The number of carbonyl (C=O) groups excluding carboxylic acids is 2. The number of nitrogens with zero attached hydrogens (tertiary/aromatic N) is 2. The van der Waals surface area contributed by atoms with Crippen LogP contribution in [0.3, 0.4) is 0 Å². The van der Waals surface area contributed by atoms with Crippen molar-refractivity contribution in [2.45, 2.75) is 33.7 Å². The number of amides is 1. The van der Waals surface area contributed by atoms with Gasteiger partial charge in [-0.25, -0.2) is 9.79 Å². The van der Waals surface area contributed by atoms with Gasteiger partial charge in [0.15, 0.2) is 5.17 Å². The van der Waals surface area contributed by atoms with E-state index in [1.165, 1.54) is 17.3 Å². The van der Waals surface area contributed by atoms with Crippen LogP contribution in [0.15, 0.2) is 58.7 Å². The maximum atomic E-state index is 12.7. The summed E-state index contributed by atoms with van der Waals surface area (Å²) >= 11 is 1.30. The fourth-order valence-electron chi connectivity index (χ4n) is 3.54. The summed E-state index contributed by atoms with van der Waals surface area (Å²) in [6.07, 6.45) is 0. The molecule has 0 bridgehead atoms. The zero-order chi connectivity index (χ0) is 24.8.